The number of thioether (sulfide) groups is 1. The fraction of sp³-hybridized carbons (Fsp3) is 0.412. The Hall–Kier alpha value is -1.99. The van der Waals surface area contributed by atoms with Crippen LogP contribution in [0.4, 0.5) is 0 Å². The van der Waals surface area contributed by atoms with Crippen LogP contribution >= 0.6 is 11.8 Å². The van der Waals surface area contributed by atoms with E-state index in [1.54, 1.807) is 11.8 Å². The molecule has 1 N–H and O–H groups in total. The molecule has 1 aliphatic rings. The highest BCUT2D eigenvalue weighted by Crippen LogP contribution is 2.20. The third kappa shape index (κ3) is 4.30. The van der Waals surface area contributed by atoms with E-state index in [-0.39, 0.29) is 12.0 Å². The molecular formula is C17H20N2O4S. The second-order valence-corrected chi connectivity index (χ2v) is 6.47. The van der Waals surface area contributed by atoms with Crippen molar-refractivity contribution in [2.24, 2.45) is 0 Å². The van der Waals surface area contributed by atoms with Crippen LogP contribution in [-0.4, -0.2) is 35.2 Å². The highest BCUT2D eigenvalue weighted by molar-refractivity contribution is 7.99. The summed E-state index contributed by atoms with van der Waals surface area (Å²) in [5, 5.41) is 3.11. The predicted molar refractivity (Wildman–Crippen MR) is 90.9 cm³/mol. The molecule has 2 heterocycles. The van der Waals surface area contributed by atoms with Crippen molar-refractivity contribution in [2.75, 3.05) is 18.2 Å². The number of rotatable bonds is 7. The van der Waals surface area contributed by atoms with E-state index >= 15 is 0 Å². The fourth-order valence-electron chi connectivity index (χ4n) is 2.37. The minimum atomic E-state index is -0.184. The van der Waals surface area contributed by atoms with Crippen molar-refractivity contribution >= 4 is 17.7 Å². The first-order valence-electron chi connectivity index (χ1n) is 7.81. The number of nitrogens with zero attached hydrogens (tertiary/aromatic N) is 1. The molecule has 1 aliphatic heterocycles. The molecule has 7 heteroatoms. The van der Waals surface area contributed by atoms with Crippen LogP contribution in [-0.2, 0) is 22.6 Å². The first kappa shape index (κ1) is 16.9. The number of aryl methyl sites for hydroxylation is 1. The molecule has 3 rings (SSSR count). The van der Waals surface area contributed by atoms with Gasteiger partial charge in [-0.3, -0.25) is 10.1 Å². The summed E-state index contributed by atoms with van der Waals surface area (Å²) in [6.07, 6.45) is 2.02. The summed E-state index contributed by atoms with van der Waals surface area (Å²) in [6, 6.07) is 7.56. The van der Waals surface area contributed by atoms with Crippen molar-refractivity contribution < 1.29 is 18.7 Å². The summed E-state index contributed by atoms with van der Waals surface area (Å²) in [5.74, 6) is 2.92. The number of carbonyl (C=O) groups excluding carboxylic acids is 1. The Bertz CT molecular complexity index is 683. The van der Waals surface area contributed by atoms with Gasteiger partial charge in [0.1, 0.15) is 29.9 Å². The molecule has 0 amide bonds. The van der Waals surface area contributed by atoms with Gasteiger partial charge in [-0.2, -0.15) is 0 Å². The van der Waals surface area contributed by atoms with Gasteiger partial charge < -0.3 is 13.9 Å². The van der Waals surface area contributed by atoms with Gasteiger partial charge in [0.2, 0.25) is 0 Å². The van der Waals surface area contributed by atoms with Crippen LogP contribution in [0.25, 0.3) is 0 Å². The smallest absolute Gasteiger partial charge is 0.324 e. The van der Waals surface area contributed by atoms with E-state index in [0.717, 1.165) is 34.4 Å². The number of esters is 1. The van der Waals surface area contributed by atoms with E-state index in [1.807, 2.05) is 31.2 Å². The molecule has 1 unspecified atom stereocenters. The Balaban J connectivity index is 1.52. The maximum atomic E-state index is 11.9. The summed E-state index contributed by atoms with van der Waals surface area (Å²) >= 11 is 1.70. The van der Waals surface area contributed by atoms with E-state index in [2.05, 4.69) is 10.3 Å². The quantitative estimate of drug-likeness (QED) is 0.770. The molecule has 2 aromatic rings. The Kier molecular flexibility index (Phi) is 5.77. The SMILES string of the molecule is Cc1ocnc1COc1ccccc1CCOC(=O)C1CSCN1. The molecule has 24 heavy (non-hydrogen) atoms. The van der Waals surface area contributed by atoms with Gasteiger partial charge in [-0.05, 0) is 18.6 Å². The lowest BCUT2D eigenvalue weighted by atomic mass is 10.1. The van der Waals surface area contributed by atoms with Crippen molar-refractivity contribution in [1.29, 1.82) is 0 Å². The molecule has 0 spiro atoms. The molecule has 1 aromatic heterocycles. The lowest BCUT2D eigenvalue weighted by Gasteiger charge is -2.12. The van der Waals surface area contributed by atoms with E-state index in [1.165, 1.54) is 6.39 Å². The number of carbonyl (C=O) groups is 1. The topological polar surface area (TPSA) is 73.6 Å². The zero-order valence-electron chi connectivity index (χ0n) is 13.5. The minimum absolute atomic E-state index is 0.184. The van der Waals surface area contributed by atoms with Crippen molar-refractivity contribution in [2.45, 2.75) is 26.0 Å². The number of ether oxygens (including phenoxy) is 2. The molecule has 1 aromatic carbocycles. The normalized spacial score (nSPS) is 17.0. The summed E-state index contributed by atoms with van der Waals surface area (Å²) in [6.45, 7) is 2.54. The Labute approximate surface area is 144 Å². The van der Waals surface area contributed by atoms with Crippen molar-refractivity contribution in [3.05, 3.63) is 47.7 Å². The van der Waals surface area contributed by atoms with Crippen LogP contribution in [0.1, 0.15) is 17.0 Å². The molecule has 0 saturated carbocycles. The van der Waals surface area contributed by atoms with Crippen molar-refractivity contribution in [1.82, 2.24) is 10.3 Å². The lowest BCUT2D eigenvalue weighted by molar-refractivity contribution is -0.145. The Morgan fingerprint density at radius 1 is 1.46 bits per heavy atom. The summed E-state index contributed by atoms with van der Waals surface area (Å²) < 4.78 is 16.4. The number of hydrogen-bond acceptors (Lipinski definition) is 7. The first-order valence-corrected chi connectivity index (χ1v) is 8.97. The number of benzene rings is 1. The second kappa shape index (κ2) is 8.21. The average Bonchev–Trinajstić information content (AvgIpc) is 3.26. The maximum Gasteiger partial charge on any atom is 0.324 e. The van der Waals surface area contributed by atoms with Gasteiger partial charge in [0, 0.05) is 18.1 Å². The van der Waals surface area contributed by atoms with E-state index < -0.39 is 0 Å². The zero-order valence-corrected chi connectivity index (χ0v) is 14.3. The monoisotopic (exact) mass is 348 g/mol. The van der Waals surface area contributed by atoms with Crippen molar-refractivity contribution in [3.8, 4) is 5.75 Å². The van der Waals surface area contributed by atoms with Gasteiger partial charge in [-0.15, -0.1) is 11.8 Å². The van der Waals surface area contributed by atoms with Gasteiger partial charge in [0.15, 0.2) is 6.39 Å². The first-order chi connectivity index (χ1) is 11.7. The number of hydrogen-bond donors (Lipinski definition) is 1. The van der Waals surface area contributed by atoms with Gasteiger partial charge in [0.25, 0.3) is 0 Å². The average molecular weight is 348 g/mol. The molecule has 1 atom stereocenters. The van der Waals surface area contributed by atoms with Crippen molar-refractivity contribution in [3.63, 3.8) is 0 Å². The summed E-state index contributed by atoms with van der Waals surface area (Å²) in [5.41, 5.74) is 1.78. The minimum Gasteiger partial charge on any atom is -0.487 e. The Morgan fingerprint density at radius 2 is 2.33 bits per heavy atom. The summed E-state index contributed by atoms with van der Waals surface area (Å²) in [7, 11) is 0. The van der Waals surface area contributed by atoms with Crippen LogP contribution in [0.3, 0.4) is 0 Å². The number of para-hydroxylation sites is 1. The largest absolute Gasteiger partial charge is 0.487 e. The van der Waals surface area contributed by atoms with Crippen LogP contribution in [0.5, 0.6) is 5.75 Å². The van der Waals surface area contributed by atoms with E-state index in [0.29, 0.717) is 19.6 Å². The van der Waals surface area contributed by atoms with Gasteiger partial charge in [-0.1, -0.05) is 18.2 Å². The molecule has 1 saturated heterocycles. The van der Waals surface area contributed by atoms with E-state index in [9.17, 15) is 4.79 Å². The van der Waals surface area contributed by atoms with Gasteiger partial charge in [-0.25, -0.2) is 4.98 Å². The third-order valence-corrected chi connectivity index (χ3v) is 4.74. The van der Waals surface area contributed by atoms with E-state index in [4.69, 9.17) is 13.9 Å². The van der Waals surface area contributed by atoms with Gasteiger partial charge >= 0.3 is 5.97 Å². The molecule has 0 radical (unpaired) electrons. The van der Waals surface area contributed by atoms with Crippen LogP contribution in [0, 0.1) is 6.92 Å². The van der Waals surface area contributed by atoms with Gasteiger partial charge in [0.05, 0.1) is 6.61 Å². The molecule has 0 aliphatic carbocycles. The van der Waals surface area contributed by atoms with Crippen LogP contribution in [0.15, 0.2) is 35.1 Å². The highest BCUT2D eigenvalue weighted by atomic mass is 32.2. The number of oxazole rings is 1. The third-order valence-electron chi connectivity index (χ3n) is 3.80. The molecule has 6 nitrogen and oxygen atoms in total. The highest BCUT2D eigenvalue weighted by Gasteiger charge is 2.23. The lowest BCUT2D eigenvalue weighted by Crippen LogP contribution is -2.34. The molecule has 0 bridgehead atoms. The number of aromatic nitrogens is 1. The number of nitrogens with one attached hydrogen (secondary N) is 1. The molecule has 128 valence electrons. The fourth-order valence-corrected chi connectivity index (χ4v) is 3.30. The Morgan fingerprint density at radius 3 is 3.08 bits per heavy atom. The maximum absolute atomic E-state index is 11.9. The predicted octanol–water partition coefficient (Wildman–Crippen LogP) is 2.31. The standard InChI is InChI=1S/C17H20N2O4S/c1-12-14(18-10-23-12)8-22-16-5-3-2-4-13(16)6-7-21-17(20)15-9-24-11-19-15/h2-5,10,15,19H,6-9,11H2,1H3. The summed E-state index contributed by atoms with van der Waals surface area (Å²) in [4.78, 5) is 16.0. The molecular weight excluding hydrogens is 328 g/mol. The molecule has 1 fully saturated rings. The second-order valence-electron chi connectivity index (χ2n) is 5.44. The van der Waals surface area contributed by atoms with Crippen LogP contribution < -0.4 is 10.1 Å². The van der Waals surface area contributed by atoms with Crippen LogP contribution in [0.2, 0.25) is 0 Å². The zero-order chi connectivity index (χ0) is 16.8.